The largest absolute Gasteiger partial charge is 0.342 e. The van der Waals surface area contributed by atoms with Gasteiger partial charge in [-0.15, -0.1) is 3.89 Å². The van der Waals surface area contributed by atoms with Gasteiger partial charge in [0, 0.05) is 25.4 Å². The van der Waals surface area contributed by atoms with Crippen molar-refractivity contribution >= 4 is 16.1 Å². The van der Waals surface area contributed by atoms with Crippen LogP contribution < -0.4 is 0 Å². The highest BCUT2D eigenvalue weighted by Crippen LogP contribution is 2.20. The Morgan fingerprint density at radius 1 is 1.05 bits per heavy atom. The van der Waals surface area contributed by atoms with E-state index in [0.29, 0.717) is 13.1 Å². The van der Waals surface area contributed by atoms with Gasteiger partial charge < -0.3 is 9.80 Å². The molecule has 1 unspecified atom stereocenters. The van der Waals surface area contributed by atoms with E-state index in [9.17, 15) is 17.1 Å². The van der Waals surface area contributed by atoms with Crippen LogP contribution in [0.5, 0.6) is 0 Å². The molecule has 2 saturated heterocycles. The number of amides is 1. The summed E-state index contributed by atoms with van der Waals surface area (Å²) in [5, 5.41) is 0. The molecular formula is C15H27FN2O3S. The van der Waals surface area contributed by atoms with Crippen LogP contribution in [0.3, 0.4) is 0 Å². The normalized spacial score (nSPS) is 24.7. The molecule has 0 aromatic carbocycles. The second-order valence-electron chi connectivity index (χ2n) is 6.58. The molecule has 0 aromatic heterocycles. The lowest BCUT2D eigenvalue weighted by Crippen LogP contribution is -2.29. The average Bonchev–Trinajstić information content (AvgIpc) is 2.64. The first-order valence-corrected chi connectivity index (χ1v) is 9.92. The standard InChI is InChI=1S/C15H27FN2O3S/c16-22(20,21)13-14-11-15(19)18(12-14)10-6-5-9-17-7-3-1-2-4-8-17/h14H,1-13H2. The molecule has 2 rings (SSSR count). The highest BCUT2D eigenvalue weighted by molar-refractivity contribution is 7.86. The maximum atomic E-state index is 12.7. The fourth-order valence-electron chi connectivity index (χ4n) is 3.46. The Balaban J connectivity index is 1.63. The smallest absolute Gasteiger partial charge is 0.302 e. The van der Waals surface area contributed by atoms with Crippen LogP contribution in [0.1, 0.15) is 44.9 Å². The first-order chi connectivity index (χ1) is 10.4. The van der Waals surface area contributed by atoms with E-state index < -0.39 is 16.0 Å². The van der Waals surface area contributed by atoms with Crippen molar-refractivity contribution < 1.29 is 17.1 Å². The van der Waals surface area contributed by atoms with E-state index in [1.807, 2.05) is 0 Å². The van der Waals surface area contributed by atoms with Gasteiger partial charge in [0.2, 0.25) is 5.91 Å². The van der Waals surface area contributed by atoms with Gasteiger partial charge in [-0.25, -0.2) is 0 Å². The summed E-state index contributed by atoms with van der Waals surface area (Å²) in [6.07, 6.45) is 7.37. The maximum Gasteiger partial charge on any atom is 0.302 e. The Kier molecular flexibility index (Phi) is 6.62. The number of likely N-dealkylation sites (tertiary alicyclic amines) is 2. The topological polar surface area (TPSA) is 57.7 Å². The molecule has 0 N–H and O–H groups in total. The van der Waals surface area contributed by atoms with Crippen molar-refractivity contribution in [2.24, 2.45) is 5.92 Å². The van der Waals surface area contributed by atoms with Crippen molar-refractivity contribution in [3.05, 3.63) is 0 Å². The third kappa shape index (κ3) is 6.20. The number of rotatable bonds is 7. The molecule has 1 amide bonds. The summed E-state index contributed by atoms with van der Waals surface area (Å²) in [7, 11) is -4.48. The van der Waals surface area contributed by atoms with Crippen LogP contribution in [-0.2, 0) is 15.0 Å². The minimum absolute atomic E-state index is 0.0385. The van der Waals surface area contributed by atoms with E-state index in [1.165, 1.54) is 38.8 Å². The summed E-state index contributed by atoms with van der Waals surface area (Å²) in [5.74, 6) is -0.945. The van der Waals surface area contributed by atoms with Crippen LogP contribution in [0.25, 0.3) is 0 Å². The minimum atomic E-state index is -4.48. The van der Waals surface area contributed by atoms with Crippen molar-refractivity contribution in [3.63, 3.8) is 0 Å². The fourth-order valence-corrected chi connectivity index (χ4v) is 4.25. The first kappa shape index (κ1) is 17.7. The van der Waals surface area contributed by atoms with E-state index in [-0.39, 0.29) is 18.2 Å². The number of carbonyl (C=O) groups is 1. The van der Waals surface area contributed by atoms with Gasteiger partial charge in [-0.3, -0.25) is 4.79 Å². The Bertz CT molecular complexity index is 461. The predicted octanol–water partition coefficient (Wildman–Crippen LogP) is 1.79. The van der Waals surface area contributed by atoms with Crippen molar-refractivity contribution in [3.8, 4) is 0 Å². The number of halogens is 1. The highest BCUT2D eigenvalue weighted by atomic mass is 32.3. The van der Waals surface area contributed by atoms with E-state index in [2.05, 4.69) is 4.90 Å². The van der Waals surface area contributed by atoms with E-state index in [4.69, 9.17) is 0 Å². The van der Waals surface area contributed by atoms with Crippen LogP contribution >= 0.6 is 0 Å². The SMILES string of the molecule is O=C1CC(CS(=O)(=O)F)CN1CCCCN1CCCCCC1. The third-order valence-corrected chi connectivity index (χ3v) is 5.45. The summed E-state index contributed by atoms with van der Waals surface area (Å²) in [6, 6.07) is 0. The molecule has 2 aliphatic rings. The monoisotopic (exact) mass is 334 g/mol. The van der Waals surface area contributed by atoms with Gasteiger partial charge >= 0.3 is 10.2 Å². The van der Waals surface area contributed by atoms with Crippen LogP contribution in [0.4, 0.5) is 3.89 Å². The zero-order chi connectivity index (χ0) is 16.0. The van der Waals surface area contributed by atoms with Crippen LogP contribution in [-0.4, -0.2) is 62.6 Å². The van der Waals surface area contributed by atoms with Gasteiger partial charge in [0.05, 0.1) is 5.75 Å². The molecule has 0 spiro atoms. The summed E-state index contributed by atoms with van der Waals surface area (Å²) >= 11 is 0. The molecule has 0 bridgehead atoms. The number of hydrogen-bond acceptors (Lipinski definition) is 4. The van der Waals surface area contributed by atoms with Gasteiger partial charge in [-0.05, 0) is 45.3 Å². The van der Waals surface area contributed by atoms with E-state index in [0.717, 1.165) is 19.4 Å². The summed E-state index contributed by atoms with van der Waals surface area (Å²) in [5.41, 5.74) is 0. The van der Waals surface area contributed by atoms with Crippen molar-refractivity contribution in [2.75, 3.05) is 38.5 Å². The number of unbranched alkanes of at least 4 members (excludes halogenated alkanes) is 1. The number of hydrogen-bond donors (Lipinski definition) is 0. The van der Waals surface area contributed by atoms with Crippen LogP contribution in [0, 0.1) is 5.92 Å². The molecule has 2 fully saturated rings. The van der Waals surface area contributed by atoms with E-state index >= 15 is 0 Å². The van der Waals surface area contributed by atoms with Gasteiger partial charge in [-0.1, -0.05) is 12.8 Å². The average molecular weight is 334 g/mol. The molecule has 0 radical (unpaired) electrons. The Labute approximate surface area is 133 Å². The Morgan fingerprint density at radius 2 is 1.68 bits per heavy atom. The molecular weight excluding hydrogens is 307 g/mol. The minimum Gasteiger partial charge on any atom is -0.342 e. The number of carbonyl (C=O) groups excluding carboxylic acids is 1. The molecule has 7 heteroatoms. The van der Waals surface area contributed by atoms with Crippen LogP contribution in [0.2, 0.25) is 0 Å². The van der Waals surface area contributed by atoms with E-state index in [1.54, 1.807) is 4.90 Å². The molecule has 0 aromatic rings. The van der Waals surface area contributed by atoms with Gasteiger partial charge in [-0.2, -0.15) is 8.42 Å². The molecule has 5 nitrogen and oxygen atoms in total. The van der Waals surface area contributed by atoms with Crippen LogP contribution in [0.15, 0.2) is 0 Å². The molecule has 2 aliphatic heterocycles. The van der Waals surface area contributed by atoms with Crippen molar-refractivity contribution in [2.45, 2.75) is 44.9 Å². The third-order valence-electron chi connectivity index (χ3n) is 4.58. The number of nitrogens with zero attached hydrogens (tertiary/aromatic N) is 2. The quantitative estimate of drug-likeness (QED) is 0.526. The summed E-state index contributed by atoms with van der Waals surface area (Å²) in [6.45, 7) is 4.48. The zero-order valence-corrected chi connectivity index (χ0v) is 14.0. The highest BCUT2D eigenvalue weighted by Gasteiger charge is 2.32. The lowest BCUT2D eigenvalue weighted by molar-refractivity contribution is -0.127. The maximum absolute atomic E-state index is 12.7. The van der Waals surface area contributed by atoms with Crippen molar-refractivity contribution in [1.82, 2.24) is 9.80 Å². The predicted molar refractivity (Wildman–Crippen MR) is 83.7 cm³/mol. The molecule has 0 saturated carbocycles. The first-order valence-electron chi connectivity index (χ1n) is 8.36. The fraction of sp³-hybridized carbons (Fsp3) is 0.933. The molecule has 1 atom stereocenters. The molecule has 22 heavy (non-hydrogen) atoms. The lowest BCUT2D eigenvalue weighted by atomic mass is 10.1. The van der Waals surface area contributed by atoms with Gasteiger partial charge in [0.15, 0.2) is 0 Å². The second-order valence-corrected chi connectivity index (χ2v) is 7.99. The summed E-state index contributed by atoms with van der Waals surface area (Å²) in [4.78, 5) is 16.0. The Morgan fingerprint density at radius 3 is 2.32 bits per heavy atom. The summed E-state index contributed by atoms with van der Waals surface area (Å²) < 4.78 is 34.0. The lowest BCUT2D eigenvalue weighted by Gasteiger charge is -2.21. The Hall–Kier alpha value is -0.690. The molecule has 2 heterocycles. The molecule has 128 valence electrons. The van der Waals surface area contributed by atoms with Gasteiger partial charge in [0.25, 0.3) is 0 Å². The second kappa shape index (κ2) is 8.24. The van der Waals surface area contributed by atoms with Crippen molar-refractivity contribution in [1.29, 1.82) is 0 Å². The zero-order valence-electron chi connectivity index (χ0n) is 13.2. The van der Waals surface area contributed by atoms with Gasteiger partial charge in [0.1, 0.15) is 0 Å². The molecule has 0 aliphatic carbocycles.